The van der Waals surface area contributed by atoms with Crippen molar-refractivity contribution in [3.05, 3.63) is 29.8 Å². The lowest BCUT2D eigenvalue weighted by Gasteiger charge is -2.13. The second-order valence-corrected chi connectivity index (χ2v) is 5.21. The van der Waals surface area contributed by atoms with Crippen LogP contribution >= 0.6 is 0 Å². The number of fused-ring (bicyclic) bond motifs is 1. The summed E-state index contributed by atoms with van der Waals surface area (Å²) in [4.78, 5) is 22.8. The van der Waals surface area contributed by atoms with Gasteiger partial charge < -0.3 is 0 Å². The molecule has 0 saturated carbocycles. The van der Waals surface area contributed by atoms with E-state index in [4.69, 9.17) is 5.84 Å². The maximum atomic E-state index is 11.9. The van der Waals surface area contributed by atoms with Crippen molar-refractivity contribution < 1.29 is 18.0 Å². The normalized spacial score (nSPS) is 16.8. The Morgan fingerprint density at radius 3 is 2.59 bits per heavy atom. The molecule has 0 saturated heterocycles. The van der Waals surface area contributed by atoms with Crippen LogP contribution in [0.4, 0.5) is 0 Å². The summed E-state index contributed by atoms with van der Waals surface area (Å²) in [7, 11) is -3.93. The number of nitrogens with zero attached hydrogens (tertiary/aromatic N) is 1. The Kier molecular flexibility index (Phi) is 2.60. The highest BCUT2D eigenvalue weighted by Crippen LogP contribution is 2.29. The van der Waals surface area contributed by atoms with Crippen LogP contribution in [-0.2, 0) is 14.8 Å². The number of carbonyl (C=O) groups is 2. The van der Waals surface area contributed by atoms with E-state index in [-0.39, 0.29) is 10.5 Å². The molecule has 17 heavy (non-hydrogen) atoms. The molecule has 3 N–H and O–H groups in total. The number of hydrogen-bond donors (Lipinski definition) is 2. The number of hydrogen-bond acceptors (Lipinski definition) is 5. The molecule has 0 radical (unpaired) electrons. The quantitative estimate of drug-likeness (QED) is 0.393. The Morgan fingerprint density at radius 2 is 2.00 bits per heavy atom. The molecule has 0 fully saturated rings. The van der Waals surface area contributed by atoms with E-state index in [1.807, 2.05) is 0 Å². The van der Waals surface area contributed by atoms with E-state index in [1.54, 1.807) is 11.5 Å². The van der Waals surface area contributed by atoms with Crippen molar-refractivity contribution in [2.75, 3.05) is 6.54 Å². The SMILES string of the molecule is NNC(=O)CN1C(=O)c2ccccc2S1(=O)=O. The molecule has 0 aromatic heterocycles. The van der Waals surface area contributed by atoms with Crippen molar-refractivity contribution in [2.24, 2.45) is 5.84 Å². The maximum absolute atomic E-state index is 11.9. The number of amides is 2. The summed E-state index contributed by atoms with van der Waals surface area (Å²) in [5.74, 6) is 3.38. The van der Waals surface area contributed by atoms with Gasteiger partial charge in [-0.15, -0.1) is 0 Å². The topological polar surface area (TPSA) is 110 Å². The first kappa shape index (κ1) is 11.6. The van der Waals surface area contributed by atoms with Gasteiger partial charge in [-0.25, -0.2) is 18.6 Å². The molecule has 8 heteroatoms. The van der Waals surface area contributed by atoms with Gasteiger partial charge in [0.2, 0.25) is 0 Å². The molecule has 1 heterocycles. The Balaban J connectivity index is 2.48. The fourth-order valence-electron chi connectivity index (χ4n) is 1.56. The van der Waals surface area contributed by atoms with E-state index in [0.717, 1.165) is 0 Å². The van der Waals surface area contributed by atoms with Crippen LogP contribution in [0.1, 0.15) is 10.4 Å². The van der Waals surface area contributed by atoms with Crippen molar-refractivity contribution in [3.8, 4) is 0 Å². The average molecular weight is 255 g/mol. The molecule has 0 spiro atoms. The maximum Gasteiger partial charge on any atom is 0.269 e. The Morgan fingerprint density at radius 1 is 1.35 bits per heavy atom. The second kappa shape index (κ2) is 3.82. The van der Waals surface area contributed by atoms with Crippen molar-refractivity contribution in [3.63, 3.8) is 0 Å². The minimum absolute atomic E-state index is 0.0670. The summed E-state index contributed by atoms with van der Waals surface area (Å²) in [5, 5.41) is 0. The van der Waals surface area contributed by atoms with Gasteiger partial charge in [0.15, 0.2) is 0 Å². The van der Waals surface area contributed by atoms with Gasteiger partial charge in [0.25, 0.3) is 21.8 Å². The Bertz CT molecular complexity index is 596. The van der Waals surface area contributed by atoms with Crippen molar-refractivity contribution in [1.82, 2.24) is 9.73 Å². The third-order valence-electron chi connectivity index (χ3n) is 2.36. The zero-order valence-corrected chi connectivity index (χ0v) is 9.40. The molecular weight excluding hydrogens is 246 g/mol. The summed E-state index contributed by atoms with van der Waals surface area (Å²) >= 11 is 0. The first-order valence-corrected chi connectivity index (χ1v) is 6.08. The fraction of sp³-hybridized carbons (Fsp3) is 0.111. The van der Waals surface area contributed by atoms with Crippen LogP contribution < -0.4 is 11.3 Å². The molecule has 2 amide bonds. The first-order valence-electron chi connectivity index (χ1n) is 4.64. The zero-order chi connectivity index (χ0) is 12.6. The largest absolute Gasteiger partial charge is 0.293 e. The molecular formula is C9H9N3O4S. The lowest BCUT2D eigenvalue weighted by molar-refractivity contribution is -0.121. The summed E-state index contributed by atoms with van der Waals surface area (Å²) in [6.07, 6.45) is 0. The van der Waals surface area contributed by atoms with Crippen molar-refractivity contribution in [1.29, 1.82) is 0 Å². The van der Waals surface area contributed by atoms with Crippen LogP contribution in [0.15, 0.2) is 29.2 Å². The highest BCUT2D eigenvalue weighted by molar-refractivity contribution is 7.90. The van der Waals surface area contributed by atoms with Crippen LogP contribution in [0.3, 0.4) is 0 Å². The average Bonchev–Trinajstić information content (AvgIpc) is 2.51. The van der Waals surface area contributed by atoms with Gasteiger partial charge in [-0.1, -0.05) is 12.1 Å². The van der Waals surface area contributed by atoms with Gasteiger partial charge in [0.05, 0.1) is 5.56 Å². The predicted octanol–water partition coefficient (Wildman–Crippen LogP) is -1.18. The van der Waals surface area contributed by atoms with E-state index in [0.29, 0.717) is 4.31 Å². The van der Waals surface area contributed by atoms with Crippen LogP contribution in [0.2, 0.25) is 0 Å². The number of carbonyl (C=O) groups excluding carboxylic acids is 2. The van der Waals surface area contributed by atoms with E-state index >= 15 is 0 Å². The third-order valence-corrected chi connectivity index (χ3v) is 4.15. The molecule has 90 valence electrons. The van der Waals surface area contributed by atoms with Crippen molar-refractivity contribution in [2.45, 2.75) is 4.90 Å². The number of sulfonamides is 1. The Labute approximate surface area is 97.2 Å². The van der Waals surface area contributed by atoms with Gasteiger partial charge in [-0.3, -0.25) is 15.0 Å². The predicted molar refractivity (Wildman–Crippen MR) is 57.0 cm³/mol. The molecule has 1 aromatic rings. The molecule has 1 aliphatic rings. The summed E-state index contributed by atoms with van der Waals surface area (Å²) in [6.45, 7) is -0.619. The number of nitrogens with one attached hydrogen (secondary N) is 1. The van der Waals surface area contributed by atoms with Crippen LogP contribution in [0.25, 0.3) is 0 Å². The molecule has 2 rings (SSSR count). The highest BCUT2D eigenvalue weighted by atomic mass is 32.2. The molecule has 0 unspecified atom stereocenters. The lowest BCUT2D eigenvalue weighted by Crippen LogP contribution is -2.42. The van der Waals surface area contributed by atoms with Gasteiger partial charge in [0, 0.05) is 0 Å². The summed E-state index contributed by atoms with van der Waals surface area (Å²) in [5.41, 5.74) is 1.85. The first-order chi connectivity index (χ1) is 7.98. The fourth-order valence-corrected chi connectivity index (χ4v) is 3.09. The van der Waals surface area contributed by atoms with Crippen molar-refractivity contribution >= 4 is 21.8 Å². The zero-order valence-electron chi connectivity index (χ0n) is 8.58. The van der Waals surface area contributed by atoms with Gasteiger partial charge in [-0.05, 0) is 12.1 Å². The van der Waals surface area contributed by atoms with Gasteiger partial charge in [0.1, 0.15) is 11.4 Å². The van der Waals surface area contributed by atoms with Gasteiger partial charge in [-0.2, -0.15) is 0 Å². The number of benzene rings is 1. The van der Waals surface area contributed by atoms with Crippen LogP contribution in [0.5, 0.6) is 0 Å². The molecule has 1 aromatic carbocycles. The highest BCUT2D eigenvalue weighted by Gasteiger charge is 2.41. The van der Waals surface area contributed by atoms with E-state index in [1.165, 1.54) is 18.2 Å². The minimum atomic E-state index is -3.93. The lowest BCUT2D eigenvalue weighted by atomic mass is 10.2. The monoisotopic (exact) mass is 255 g/mol. The standard InChI is InChI=1S/C9H9N3O4S/c10-11-8(13)5-12-9(14)6-3-1-2-4-7(6)17(12,15)16/h1-4H,5,10H2,(H,11,13). The smallest absolute Gasteiger partial charge is 0.269 e. The van der Waals surface area contributed by atoms with E-state index in [9.17, 15) is 18.0 Å². The third kappa shape index (κ3) is 1.67. The van der Waals surface area contributed by atoms with E-state index < -0.39 is 28.4 Å². The van der Waals surface area contributed by atoms with Crippen LogP contribution in [-0.4, -0.2) is 31.1 Å². The summed E-state index contributed by atoms with van der Waals surface area (Å²) < 4.78 is 24.4. The molecule has 0 bridgehead atoms. The molecule has 0 atom stereocenters. The Hall–Kier alpha value is -1.93. The van der Waals surface area contributed by atoms with Crippen LogP contribution in [0, 0.1) is 0 Å². The summed E-state index contributed by atoms with van der Waals surface area (Å²) in [6, 6.07) is 5.79. The minimum Gasteiger partial charge on any atom is -0.293 e. The molecule has 0 aliphatic carbocycles. The van der Waals surface area contributed by atoms with E-state index in [2.05, 4.69) is 0 Å². The molecule has 1 aliphatic heterocycles. The number of nitrogens with two attached hydrogens (primary N) is 1. The van der Waals surface area contributed by atoms with Gasteiger partial charge >= 0.3 is 0 Å². The second-order valence-electron chi connectivity index (χ2n) is 3.38. The number of hydrazine groups is 1. The number of rotatable bonds is 2. The molecule has 7 nitrogen and oxygen atoms in total.